The van der Waals surface area contributed by atoms with Crippen LogP contribution < -0.4 is 0 Å². The van der Waals surface area contributed by atoms with Crippen LogP contribution in [0, 0.1) is 0 Å². The van der Waals surface area contributed by atoms with Crippen molar-refractivity contribution in [2.24, 2.45) is 0 Å². The highest BCUT2D eigenvalue weighted by atomic mass is 16.6. The Morgan fingerprint density at radius 2 is 0.537 bits per heavy atom. The van der Waals surface area contributed by atoms with Gasteiger partial charge in [-0.15, -0.1) is 0 Å². The van der Waals surface area contributed by atoms with Gasteiger partial charge in [0.1, 0.15) is 13.2 Å². The number of esters is 3. The van der Waals surface area contributed by atoms with Crippen molar-refractivity contribution in [1.29, 1.82) is 0 Å². The molecule has 0 saturated carbocycles. The third-order valence-electron chi connectivity index (χ3n) is 11.5. The van der Waals surface area contributed by atoms with Crippen molar-refractivity contribution in [2.45, 2.75) is 258 Å². The van der Waals surface area contributed by atoms with Gasteiger partial charge in [0.2, 0.25) is 0 Å². The Labute approximate surface area is 413 Å². The first kappa shape index (κ1) is 63.3. The van der Waals surface area contributed by atoms with Crippen molar-refractivity contribution in [1.82, 2.24) is 0 Å². The van der Waals surface area contributed by atoms with Crippen LogP contribution in [0.2, 0.25) is 0 Å². The highest BCUT2D eigenvalue weighted by Crippen LogP contribution is 2.14. The molecule has 0 N–H and O–H groups in total. The predicted octanol–water partition coefficient (Wildman–Crippen LogP) is 18.5. The van der Waals surface area contributed by atoms with Crippen molar-refractivity contribution >= 4 is 17.9 Å². The maximum atomic E-state index is 12.8. The van der Waals surface area contributed by atoms with Crippen molar-refractivity contribution in [3.63, 3.8) is 0 Å². The largest absolute Gasteiger partial charge is 0.462 e. The summed E-state index contributed by atoms with van der Waals surface area (Å²) in [7, 11) is 0. The summed E-state index contributed by atoms with van der Waals surface area (Å²) < 4.78 is 16.8. The second kappa shape index (κ2) is 54.9. The second-order valence-electron chi connectivity index (χ2n) is 18.1. The van der Waals surface area contributed by atoms with E-state index < -0.39 is 6.10 Å². The van der Waals surface area contributed by atoms with Crippen molar-refractivity contribution in [3.05, 3.63) is 97.2 Å². The van der Waals surface area contributed by atoms with Crippen LogP contribution in [0.4, 0.5) is 0 Å². The van der Waals surface area contributed by atoms with Gasteiger partial charge in [0.15, 0.2) is 6.10 Å². The lowest BCUT2D eigenvalue weighted by Crippen LogP contribution is -2.30. The highest BCUT2D eigenvalue weighted by Gasteiger charge is 2.19. The molecule has 0 rings (SSSR count). The molecule has 0 amide bonds. The van der Waals surface area contributed by atoms with Crippen molar-refractivity contribution < 1.29 is 28.6 Å². The van der Waals surface area contributed by atoms with Crippen LogP contribution in [0.1, 0.15) is 252 Å². The summed E-state index contributed by atoms with van der Waals surface area (Å²) in [4.78, 5) is 38.1. The van der Waals surface area contributed by atoms with Gasteiger partial charge in [0.25, 0.3) is 0 Å². The van der Waals surface area contributed by atoms with E-state index in [-0.39, 0.29) is 37.5 Å². The van der Waals surface area contributed by atoms with E-state index in [0.29, 0.717) is 19.3 Å². The standard InChI is InChI=1S/C61H102O6/c1-4-7-10-13-16-19-22-25-28-29-30-31-34-36-39-42-45-48-51-54-60(63)66-57-58(67-61(64)55-52-49-46-43-40-37-33-27-24-21-18-15-12-9-6-3)56-65-59(62)53-50-47-44-41-38-35-32-26-23-20-17-14-11-8-5-2/h16-21,25-28,32-33,38,40-41,43,58H,4-15,22-24,29-31,34-37,39,42,44-57H2,1-3H3/b19-16-,20-17-,21-18-,28-25-,32-26-,33-27-,41-38-,43-40-/t58-/m0/s1. The zero-order valence-electron chi connectivity index (χ0n) is 43.6. The van der Waals surface area contributed by atoms with Gasteiger partial charge in [-0.2, -0.15) is 0 Å². The summed E-state index contributed by atoms with van der Waals surface area (Å²) in [6.07, 6.45) is 72.5. The zero-order valence-corrected chi connectivity index (χ0v) is 43.6. The minimum absolute atomic E-state index is 0.108. The summed E-state index contributed by atoms with van der Waals surface area (Å²) in [5, 5.41) is 0. The normalized spacial score (nSPS) is 12.8. The molecule has 6 heteroatoms. The fourth-order valence-corrected chi connectivity index (χ4v) is 7.31. The third kappa shape index (κ3) is 53.2. The van der Waals surface area contributed by atoms with Crippen LogP contribution >= 0.6 is 0 Å². The Kier molecular flexibility index (Phi) is 51.9. The van der Waals surface area contributed by atoms with E-state index in [0.717, 1.165) is 83.5 Å². The van der Waals surface area contributed by atoms with Gasteiger partial charge in [-0.1, -0.05) is 201 Å². The fraction of sp³-hybridized carbons (Fsp3) is 0.689. The van der Waals surface area contributed by atoms with Crippen LogP contribution in [-0.2, 0) is 28.6 Å². The molecule has 0 aliphatic rings. The topological polar surface area (TPSA) is 78.9 Å². The molecule has 0 radical (unpaired) electrons. The lowest BCUT2D eigenvalue weighted by molar-refractivity contribution is -0.167. The molecule has 382 valence electrons. The molecule has 0 bridgehead atoms. The van der Waals surface area contributed by atoms with E-state index in [9.17, 15) is 14.4 Å². The van der Waals surface area contributed by atoms with Crippen molar-refractivity contribution in [3.8, 4) is 0 Å². The van der Waals surface area contributed by atoms with E-state index in [1.54, 1.807) is 0 Å². The number of unbranched alkanes of at least 4 members (excludes halogenated alkanes) is 22. The Hall–Kier alpha value is -3.67. The third-order valence-corrected chi connectivity index (χ3v) is 11.5. The molecular weight excluding hydrogens is 829 g/mol. The van der Waals surface area contributed by atoms with E-state index in [1.807, 2.05) is 0 Å². The lowest BCUT2D eigenvalue weighted by atomic mass is 10.1. The fourth-order valence-electron chi connectivity index (χ4n) is 7.31. The molecule has 0 aromatic rings. The minimum atomic E-state index is -0.816. The monoisotopic (exact) mass is 931 g/mol. The quantitative estimate of drug-likeness (QED) is 0.0262. The maximum absolute atomic E-state index is 12.8. The van der Waals surface area contributed by atoms with Gasteiger partial charge in [0.05, 0.1) is 0 Å². The molecular formula is C61H102O6. The summed E-state index contributed by atoms with van der Waals surface area (Å²) in [6.45, 7) is 6.49. The number of carbonyl (C=O) groups excluding carboxylic acids is 3. The molecule has 0 fully saturated rings. The first-order valence-corrected chi connectivity index (χ1v) is 27.7. The zero-order chi connectivity index (χ0) is 48.6. The molecule has 0 heterocycles. The Morgan fingerprint density at radius 3 is 0.866 bits per heavy atom. The van der Waals surface area contributed by atoms with Gasteiger partial charge >= 0.3 is 17.9 Å². The molecule has 0 aliphatic carbocycles. The molecule has 0 saturated heterocycles. The summed E-state index contributed by atoms with van der Waals surface area (Å²) >= 11 is 0. The average Bonchev–Trinajstić information content (AvgIpc) is 3.33. The van der Waals surface area contributed by atoms with Gasteiger partial charge < -0.3 is 14.2 Å². The van der Waals surface area contributed by atoms with Crippen LogP contribution in [0.25, 0.3) is 0 Å². The second-order valence-corrected chi connectivity index (χ2v) is 18.1. The van der Waals surface area contributed by atoms with Gasteiger partial charge in [-0.05, 0) is 128 Å². The number of hydrogen-bond acceptors (Lipinski definition) is 6. The smallest absolute Gasteiger partial charge is 0.306 e. The first-order chi connectivity index (χ1) is 33.0. The number of allylic oxidation sites excluding steroid dienone is 16. The van der Waals surface area contributed by atoms with Gasteiger partial charge in [0, 0.05) is 19.3 Å². The van der Waals surface area contributed by atoms with Crippen LogP contribution in [0.5, 0.6) is 0 Å². The Balaban J connectivity index is 4.49. The van der Waals surface area contributed by atoms with Gasteiger partial charge in [-0.25, -0.2) is 0 Å². The molecule has 1 atom stereocenters. The molecule has 0 spiro atoms. The number of rotatable bonds is 49. The maximum Gasteiger partial charge on any atom is 0.306 e. The molecule has 0 aromatic heterocycles. The van der Waals surface area contributed by atoms with Gasteiger partial charge in [-0.3, -0.25) is 14.4 Å². The minimum Gasteiger partial charge on any atom is -0.462 e. The molecule has 0 aliphatic heterocycles. The first-order valence-electron chi connectivity index (χ1n) is 27.7. The van der Waals surface area contributed by atoms with E-state index in [4.69, 9.17) is 14.2 Å². The summed E-state index contributed by atoms with van der Waals surface area (Å²) in [6, 6.07) is 0. The SMILES string of the molecule is CCCCC/C=C\C/C=C\C/C=C\CCCCC(=O)OC[C@@H](COC(=O)CCCCCCCCCCC/C=C\C/C=C\CCCCC)OC(=O)CCCC/C=C\C/C=C\C/C=C\CCCCC. The van der Waals surface area contributed by atoms with E-state index >= 15 is 0 Å². The van der Waals surface area contributed by atoms with Crippen LogP contribution in [-0.4, -0.2) is 37.2 Å². The summed E-state index contributed by atoms with van der Waals surface area (Å²) in [5.74, 6) is -0.990. The average molecular weight is 931 g/mol. The molecule has 0 aromatic carbocycles. The number of carbonyl (C=O) groups is 3. The van der Waals surface area contributed by atoms with E-state index in [2.05, 4.69) is 118 Å². The van der Waals surface area contributed by atoms with E-state index in [1.165, 1.54) is 122 Å². The van der Waals surface area contributed by atoms with Crippen LogP contribution in [0.3, 0.4) is 0 Å². The van der Waals surface area contributed by atoms with Crippen molar-refractivity contribution in [2.75, 3.05) is 13.2 Å². The predicted molar refractivity (Wildman–Crippen MR) is 288 cm³/mol. The summed E-state index contributed by atoms with van der Waals surface area (Å²) in [5.41, 5.74) is 0. The number of hydrogen-bond donors (Lipinski definition) is 0. The number of ether oxygens (including phenoxy) is 3. The Morgan fingerprint density at radius 1 is 0.299 bits per heavy atom. The molecule has 0 unspecified atom stereocenters. The molecule has 67 heavy (non-hydrogen) atoms. The highest BCUT2D eigenvalue weighted by molar-refractivity contribution is 5.71. The lowest BCUT2D eigenvalue weighted by Gasteiger charge is -2.18. The van der Waals surface area contributed by atoms with Crippen LogP contribution in [0.15, 0.2) is 97.2 Å². The Bertz CT molecular complexity index is 1350. The molecule has 6 nitrogen and oxygen atoms in total.